The second kappa shape index (κ2) is 8.61. The SMILES string of the molecule is C=CCN(c1ccc(C(=O)N2CCC[C@@H](C)C2)cc1)S(=O)(=O)c1ccccc1. The van der Waals surface area contributed by atoms with Gasteiger partial charge in [-0.25, -0.2) is 8.42 Å². The molecular formula is C22H26N2O3S. The van der Waals surface area contributed by atoms with Crippen LogP contribution in [0, 0.1) is 5.92 Å². The first-order chi connectivity index (χ1) is 13.4. The van der Waals surface area contributed by atoms with E-state index in [2.05, 4.69) is 13.5 Å². The van der Waals surface area contributed by atoms with Crippen LogP contribution in [0.5, 0.6) is 0 Å². The molecule has 1 heterocycles. The quantitative estimate of drug-likeness (QED) is 0.693. The van der Waals surface area contributed by atoms with Crippen molar-refractivity contribution < 1.29 is 13.2 Å². The van der Waals surface area contributed by atoms with E-state index in [1.807, 2.05) is 4.90 Å². The van der Waals surface area contributed by atoms with Gasteiger partial charge in [-0.15, -0.1) is 6.58 Å². The topological polar surface area (TPSA) is 57.7 Å². The molecule has 1 aliphatic rings. The zero-order valence-electron chi connectivity index (χ0n) is 16.1. The van der Waals surface area contributed by atoms with Crippen molar-refractivity contribution in [3.05, 3.63) is 72.8 Å². The second-order valence-electron chi connectivity index (χ2n) is 7.18. The summed E-state index contributed by atoms with van der Waals surface area (Å²) in [6.07, 6.45) is 3.72. The molecule has 28 heavy (non-hydrogen) atoms. The Labute approximate surface area is 167 Å². The maximum Gasteiger partial charge on any atom is 0.264 e. The van der Waals surface area contributed by atoms with Crippen LogP contribution in [0.3, 0.4) is 0 Å². The van der Waals surface area contributed by atoms with Gasteiger partial charge in [0.2, 0.25) is 0 Å². The molecule has 5 nitrogen and oxygen atoms in total. The number of hydrogen-bond donors (Lipinski definition) is 0. The van der Waals surface area contributed by atoms with Gasteiger partial charge in [0.15, 0.2) is 0 Å². The Bertz CT molecular complexity index is 924. The average molecular weight is 399 g/mol. The third kappa shape index (κ3) is 4.28. The van der Waals surface area contributed by atoms with Crippen LogP contribution in [-0.2, 0) is 10.0 Å². The molecule has 3 rings (SSSR count). The van der Waals surface area contributed by atoms with Crippen LogP contribution in [0.2, 0.25) is 0 Å². The maximum absolute atomic E-state index is 13.0. The molecule has 0 bridgehead atoms. The highest BCUT2D eigenvalue weighted by atomic mass is 32.2. The fourth-order valence-electron chi connectivity index (χ4n) is 3.51. The number of benzene rings is 2. The van der Waals surface area contributed by atoms with Gasteiger partial charge in [-0.1, -0.05) is 31.2 Å². The van der Waals surface area contributed by atoms with E-state index >= 15 is 0 Å². The van der Waals surface area contributed by atoms with Gasteiger partial charge in [-0.3, -0.25) is 9.10 Å². The van der Waals surface area contributed by atoms with Crippen molar-refractivity contribution in [3.63, 3.8) is 0 Å². The summed E-state index contributed by atoms with van der Waals surface area (Å²) in [7, 11) is -3.71. The largest absolute Gasteiger partial charge is 0.338 e. The number of piperidine rings is 1. The third-order valence-corrected chi connectivity index (χ3v) is 6.78. The molecule has 148 valence electrons. The number of anilines is 1. The summed E-state index contributed by atoms with van der Waals surface area (Å²) in [5.74, 6) is 0.510. The minimum atomic E-state index is -3.71. The summed E-state index contributed by atoms with van der Waals surface area (Å²) in [5, 5.41) is 0. The van der Waals surface area contributed by atoms with Gasteiger partial charge in [0.1, 0.15) is 0 Å². The van der Waals surface area contributed by atoms with Gasteiger partial charge in [0.05, 0.1) is 17.1 Å². The summed E-state index contributed by atoms with van der Waals surface area (Å²) >= 11 is 0. The molecule has 1 saturated heterocycles. The Kier molecular flexibility index (Phi) is 6.19. The lowest BCUT2D eigenvalue weighted by molar-refractivity contribution is 0.0683. The number of amides is 1. The molecule has 2 aromatic rings. The Morgan fingerprint density at radius 3 is 2.46 bits per heavy atom. The van der Waals surface area contributed by atoms with Crippen LogP contribution in [0.15, 0.2) is 72.1 Å². The monoisotopic (exact) mass is 398 g/mol. The molecule has 0 radical (unpaired) electrons. The van der Waals surface area contributed by atoms with Gasteiger partial charge < -0.3 is 4.90 Å². The van der Waals surface area contributed by atoms with Crippen LogP contribution in [0.25, 0.3) is 0 Å². The summed E-state index contributed by atoms with van der Waals surface area (Å²) in [6.45, 7) is 7.53. The predicted molar refractivity (Wildman–Crippen MR) is 112 cm³/mol. The number of rotatable bonds is 6. The fourth-order valence-corrected chi connectivity index (χ4v) is 4.96. The average Bonchev–Trinajstić information content (AvgIpc) is 2.72. The van der Waals surface area contributed by atoms with E-state index in [-0.39, 0.29) is 17.3 Å². The number of nitrogens with zero attached hydrogens (tertiary/aromatic N) is 2. The second-order valence-corrected chi connectivity index (χ2v) is 9.05. The van der Waals surface area contributed by atoms with E-state index in [0.717, 1.165) is 25.9 Å². The van der Waals surface area contributed by atoms with E-state index in [1.165, 1.54) is 4.31 Å². The Morgan fingerprint density at radius 1 is 1.18 bits per heavy atom. The van der Waals surface area contributed by atoms with Crippen LogP contribution in [0.1, 0.15) is 30.1 Å². The number of carbonyl (C=O) groups is 1. The maximum atomic E-state index is 13.0. The van der Waals surface area contributed by atoms with Crippen molar-refractivity contribution in [3.8, 4) is 0 Å². The molecule has 0 spiro atoms. The first-order valence-corrected chi connectivity index (χ1v) is 11.0. The Hall–Kier alpha value is -2.60. The lowest BCUT2D eigenvalue weighted by Crippen LogP contribution is -2.39. The Balaban J connectivity index is 1.85. The van der Waals surface area contributed by atoms with Crippen molar-refractivity contribution >= 4 is 21.6 Å². The fraction of sp³-hybridized carbons (Fsp3) is 0.318. The van der Waals surface area contributed by atoms with Gasteiger partial charge in [0.25, 0.3) is 15.9 Å². The molecule has 1 aliphatic heterocycles. The summed E-state index contributed by atoms with van der Waals surface area (Å²) in [6, 6.07) is 15.1. The van der Waals surface area contributed by atoms with Crippen LogP contribution >= 0.6 is 0 Å². The van der Waals surface area contributed by atoms with Gasteiger partial charge in [-0.2, -0.15) is 0 Å². The third-order valence-electron chi connectivity index (χ3n) is 4.97. The molecule has 0 aromatic heterocycles. The van der Waals surface area contributed by atoms with E-state index in [1.54, 1.807) is 60.7 Å². The molecule has 0 unspecified atom stereocenters. The van der Waals surface area contributed by atoms with E-state index in [9.17, 15) is 13.2 Å². The van der Waals surface area contributed by atoms with Crippen molar-refractivity contribution in [2.24, 2.45) is 5.92 Å². The molecule has 1 fully saturated rings. The molecule has 1 atom stereocenters. The molecule has 2 aromatic carbocycles. The van der Waals surface area contributed by atoms with E-state index < -0.39 is 10.0 Å². The van der Waals surface area contributed by atoms with E-state index in [0.29, 0.717) is 17.2 Å². The Morgan fingerprint density at radius 2 is 1.86 bits per heavy atom. The van der Waals surface area contributed by atoms with Crippen LogP contribution in [0.4, 0.5) is 5.69 Å². The van der Waals surface area contributed by atoms with Crippen molar-refractivity contribution in [2.45, 2.75) is 24.7 Å². The number of sulfonamides is 1. The first-order valence-electron chi connectivity index (χ1n) is 9.51. The molecule has 0 aliphatic carbocycles. The van der Waals surface area contributed by atoms with Gasteiger partial charge in [0, 0.05) is 18.7 Å². The first kappa shape index (κ1) is 20.1. The molecule has 1 amide bonds. The normalized spacial score (nSPS) is 17.2. The highest BCUT2D eigenvalue weighted by Gasteiger charge is 2.25. The standard InChI is InChI=1S/C22H26N2O3S/c1-3-15-24(28(26,27)21-9-5-4-6-10-21)20-13-11-19(12-14-20)22(25)23-16-7-8-18(2)17-23/h3-6,9-14,18H,1,7-8,15-17H2,2H3/t18-/m1/s1. The number of likely N-dealkylation sites (tertiary alicyclic amines) is 1. The lowest BCUT2D eigenvalue weighted by Gasteiger charge is -2.31. The lowest BCUT2D eigenvalue weighted by atomic mass is 9.99. The van der Waals surface area contributed by atoms with Crippen LogP contribution < -0.4 is 4.31 Å². The van der Waals surface area contributed by atoms with E-state index in [4.69, 9.17) is 0 Å². The highest BCUT2D eigenvalue weighted by molar-refractivity contribution is 7.92. The predicted octanol–water partition coefficient (Wildman–Crippen LogP) is 3.94. The smallest absolute Gasteiger partial charge is 0.264 e. The zero-order valence-corrected chi connectivity index (χ0v) is 16.9. The highest BCUT2D eigenvalue weighted by Crippen LogP contribution is 2.25. The minimum Gasteiger partial charge on any atom is -0.338 e. The van der Waals surface area contributed by atoms with Crippen molar-refractivity contribution in [1.82, 2.24) is 4.90 Å². The van der Waals surface area contributed by atoms with Gasteiger partial charge in [-0.05, 0) is 55.2 Å². The molecule has 6 heteroatoms. The zero-order chi connectivity index (χ0) is 20.1. The minimum absolute atomic E-state index is 0.000660. The number of carbonyl (C=O) groups excluding carboxylic acids is 1. The molecular weight excluding hydrogens is 372 g/mol. The van der Waals surface area contributed by atoms with Crippen molar-refractivity contribution in [2.75, 3.05) is 23.9 Å². The summed E-state index contributed by atoms with van der Waals surface area (Å²) in [4.78, 5) is 14.9. The molecule has 0 N–H and O–H groups in total. The summed E-state index contributed by atoms with van der Waals surface area (Å²) in [5.41, 5.74) is 1.08. The summed E-state index contributed by atoms with van der Waals surface area (Å²) < 4.78 is 27.4. The van der Waals surface area contributed by atoms with Crippen LogP contribution in [-0.4, -0.2) is 38.9 Å². The molecule has 0 saturated carbocycles. The van der Waals surface area contributed by atoms with Gasteiger partial charge >= 0.3 is 0 Å². The van der Waals surface area contributed by atoms with Crippen molar-refractivity contribution in [1.29, 1.82) is 0 Å². The number of hydrogen-bond acceptors (Lipinski definition) is 3.